The van der Waals surface area contributed by atoms with Gasteiger partial charge in [-0.15, -0.1) is 0 Å². The van der Waals surface area contributed by atoms with Gasteiger partial charge in [-0.2, -0.15) is 0 Å². The molecule has 1 aliphatic carbocycles. The molecule has 0 fully saturated rings. The van der Waals surface area contributed by atoms with Crippen molar-refractivity contribution >= 4 is 11.9 Å². The standard InChI is InChI=1S/C17H19NO3/c1-12-9-14(16(20)21-3)11-17(2,10-12)18-15(19)13-7-5-4-6-8-13/h4-8,10-11H,9H2,1-3H3,(H,18,19). The van der Waals surface area contributed by atoms with Crippen LogP contribution in [0.4, 0.5) is 0 Å². The van der Waals surface area contributed by atoms with Gasteiger partial charge in [-0.1, -0.05) is 29.8 Å². The third kappa shape index (κ3) is 3.60. The van der Waals surface area contributed by atoms with Crippen molar-refractivity contribution in [1.29, 1.82) is 0 Å². The highest BCUT2D eigenvalue weighted by atomic mass is 16.5. The first kappa shape index (κ1) is 15.0. The van der Waals surface area contributed by atoms with E-state index in [2.05, 4.69) is 5.32 Å². The molecule has 0 spiro atoms. The zero-order chi connectivity index (χ0) is 15.5. The van der Waals surface area contributed by atoms with Crippen molar-refractivity contribution in [3.63, 3.8) is 0 Å². The van der Waals surface area contributed by atoms with Gasteiger partial charge in [-0.05, 0) is 32.1 Å². The molecule has 0 heterocycles. The molecule has 1 atom stereocenters. The maximum absolute atomic E-state index is 12.3. The number of hydrogen-bond acceptors (Lipinski definition) is 3. The number of benzene rings is 1. The van der Waals surface area contributed by atoms with E-state index in [4.69, 9.17) is 4.74 Å². The summed E-state index contributed by atoms with van der Waals surface area (Å²) >= 11 is 0. The average Bonchev–Trinajstić information content (AvgIpc) is 2.45. The Kier molecular flexibility index (Phi) is 4.26. The Morgan fingerprint density at radius 2 is 1.86 bits per heavy atom. The van der Waals surface area contributed by atoms with Gasteiger partial charge in [-0.3, -0.25) is 4.79 Å². The van der Waals surface area contributed by atoms with Crippen molar-refractivity contribution in [2.75, 3.05) is 7.11 Å². The summed E-state index contributed by atoms with van der Waals surface area (Å²) in [5, 5.41) is 2.95. The summed E-state index contributed by atoms with van der Waals surface area (Å²) in [5.74, 6) is -0.535. The Morgan fingerprint density at radius 3 is 2.48 bits per heavy atom. The molecule has 0 bridgehead atoms. The highest BCUT2D eigenvalue weighted by Crippen LogP contribution is 2.26. The second-order valence-electron chi connectivity index (χ2n) is 5.43. The summed E-state index contributed by atoms with van der Waals surface area (Å²) in [7, 11) is 1.36. The van der Waals surface area contributed by atoms with Crippen LogP contribution in [-0.4, -0.2) is 24.5 Å². The van der Waals surface area contributed by atoms with Crippen LogP contribution < -0.4 is 5.32 Å². The molecule has 1 aromatic carbocycles. The number of methoxy groups -OCH3 is 1. The SMILES string of the molecule is COC(=O)C1=CC(C)(NC(=O)c2ccccc2)C=C(C)C1. The smallest absolute Gasteiger partial charge is 0.333 e. The number of carbonyl (C=O) groups is 2. The molecule has 4 heteroatoms. The Morgan fingerprint density at radius 1 is 1.19 bits per heavy atom. The Labute approximate surface area is 124 Å². The fraction of sp³-hybridized carbons (Fsp3) is 0.294. The Bertz CT molecular complexity index is 616. The van der Waals surface area contributed by atoms with E-state index in [0.29, 0.717) is 17.6 Å². The number of rotatable bonds is 3. The fourth-order valence-electron chi connectivity index (χ4n) is 2.56. The van der Waals surface area contributed by atoms with Crippen molar-refractivity contribution in [2.45, 2.75) is 25.8 Å². The van der Waals surface area contributed by atoms with Crippen LogP contribution in [0.25, 0.3) is 0 Å². The van der Waals surface area contributed by atoms with E-state index in [9.17, 15) is 9.59 Å². The van der Waals surface area contributed by atoms with Crippen LogP contribution in [0.3, 0.4) is 0 Å². The summed E-state index contributed by atoms with van der Waals surface area (Å²) in [6, 6.07) is 8.99. The largest absolute Gasteiger partial charge is 0.466 e. The molecule has 1 amide bonds. The average molecular weight is 285 g/mol. The summed E-state index contributed by atoms with van der Waals surface area (Å²) in [6.45, 7) is 3.79. The van der Waals surface area contributed by atoms with Crippen molar-refractivity contribution in [3.8, 4) is 0 Å². The van der Waals surface area contributed by atoms with Crippen LogP contribution in [0, 0.1) is 0 Å². The van der Waals surface area contributed by atoms with Gasteiger partial charge in [0.15, 0.2) is 0 Å². The van der Waals surface area contributed by atoms with Gasteiger partial charge in [0.25, 0.3) is 5.91 Å². The molecule has 1 unspecified atom stereocenters. The molecule has 110 valence electrons. The summed E-state index contributed by atoms with van der Waals surface area (Å²) < 4.78 is 4.77. The zero-order valence-corrected chi connectivity index (χ0v) is 12.5. The Balaban J connectivity index is 2.24. The summed E-state index contributed by atoms with van der Waals surface area (Å²) in [5.41, 5.74) is 1.48. The van der Waals surface area contributed by atoms with Crippen molar-refractivity contribution in [1.82, 2.24) is 5.32 Å². The second kappa shape index (κ2) is 5.95. The lowest BCUT2D eigenvalue weighted by molar-refractivity contribution is -0.136. The van der Waals surface area contributed by atoms with Gasteiger partial charge in [0, 0.05) is 17.6 Å². The van der Waals surface area contributed by atoms with E-state index < -0.39 is 5.54 Å². The second-order valence-corrected chi connectivity index (χ2v) is 5.43. The van der Waals surface area contributed by atoms with Crippen LogP contribution in [0.1, 0.15) is 30.6 Å². The molecule has 0 aromatic heterocycles. The molecule has 4 nitrogen and oxygen atoms in total. The quantitative estimate of drug-likeness (QED) is 0.686. The highest BCUT2D eigenvalue weighted by Gasteiger charge is 2.28. The van der Waals surface area contributed by atoms with Gasteiger partial charge in [0.1, 0.15) is 0 Å². The summed E-state index contributed by atoms with van der Waals surface area (Å²) in [6.07, 6.45) is 4.26. The van der Waals surface area contributed by atoms with Crippen molar-refractivity contribution < 1.29 is 14.3 Å². The Hall–Kier alpha value is -2.36. The molecular formula is C17H19NO3. The maximum Gasteiger partial charge on any atom is 0.333 e. The minimum absolute atomic E-state index is 0.176. The first-order chi connectivity index (χ1) is 9.93. The predicted molar refractivity (Wildman–Crippen MR) is 80.8 cm³/mol. The molecule has 1 N–H and O–H groups in total. The van der Waals surface area contributed by atoms with Crippen LogP contribution in [0.15, 0.2) is 53.6 Å². The van der Waals surface area contributed by atoms with E-state index in [1.165, 1.54) is 7.11 Å². The fourth-order valence-corrected chi connectivity index (χ4v) is 2.56. The van der Waals surface area contributed by atoms with Gasteiger partial charge in [0.05, 0.1) is 12.6 Å². The minimum Gasteiger partial charge on any atom is -0.466 e. The number of allylic oxidation sites excluding steroid dienone is 1. The molecule has 0 radical (unpaired) electrons. The minimum atomic E-state index is -0.696. The van der Waals surface area contributed by atoms with Crippen LogP contribution in [0.5, 0.6) is 0 Å². The maximum atomic E-state index is 12.3. The van der Waals surface area contributed by atoms with Crippen molar-refractivity contribution in [2.24, 2.45) is 0 Å². The molecule has 21 heavy (non-hydrogen) atoms. The molecular weight excluding hydrogens is 266 g/mol. The van der Waals surface area contributed by atoms with E-state index in [1.807, 2.05) is 38.1 Å². The van der Waals surface area contributed by atoms with E-state index in [1.54, 1.807) is 18.2 Å². The topological polar surface area (TPSA) is 55.4 Å². The molecule has 1 aliphatic rings. The molecule has 0 saturated heterocycles. The van der Waals surface area contributed by atoms with Crippen LogP contribution in [-0.2, 0) is 9.53 Å². The van der Waals surface area contributed by atoms with E-state index >= 15 is 0 Å². The van der Waals surface area contributed by atoms with E-state index in [0.717, 1.165) is 5.57 Å². The van der Waals surface area contributed by atoms with Crippen LogP contribution >= 0.6 is 0 Å². The highest BCUT2D eigenvalue weighted by molar-refractivity contribution is 5.95. The molecule has 2 rings (SSSR count). The number of ether oxygens (including phenoxy) is 1. The number of esters is 1. The third-order valence-electron chi connectivity index (χ3n) is 3.36. The summed E-state index contributed by atoms with van der Waals surface area (Å²) in [4.78, 5) is 24.0. The predicted octanol–water partition coefficient (Wildman–Crippen LogP) is 2.62. The first-order valence-corrected chi connectivity index (χ1v) is 6.79. The van der Waals surface area contributed by atoms with Crippen molar-refractivity contribution in [3.05, 3.63) is 59.2 Å². The van der Waals surface area contributed by atoms with Crippen LogP contribution in [0.2, 0.25) is 0 Å². The lowest BCUT2D eigenvalue weighted by atomic mass is 9.87. The van der Waals surface area contributed by atoms with Gasteiger partial charge in [0.2, 0.25) is 0 Å². The number of hydrogen-bond donors (Lipinski definition) is 1. The molecule has 0 saturated carbocycles. The first-order valence-electron chi connectivity index (χ1n) is 6.79. The number of nitrogens with one attached hydrogen (secondary N) is 1. The molecule has 1 aromatic rings. The van der Waals surface area contributed by atoms with Gasteiger partial charge in [-0.25, -0.2) is 4.79 Å². The van der Waals surface area contributed by atoms with Gasteiger partial charge >= 0.3 is 5.97 Å². The van der Waals surface area contributed by atoms with E-state index in [-0.39, 0.29) is 11.9 Å². The number of amides is 1. The third-order valence-corrected chi connectivity index (χ3v) is 3.36. The van der Waals surface area contributed by atoms with Gasteiger partial charge < -0.3 is 10.1 Å². The number of carbonyl (C=O) groups excluding carboxylic acids is 2. The lowest BCUT2D eigenvalue weighted by Crippen LogP contribution is -2.44. The lowest BCUT2D eigenvalue weighted by Gasteiger charge is -2.29. The monoisotopic (exact) mass is 285 g/mol. The zero-order valence-electron chi connectivity index (χ0n) is 12.5. The molecule has 0 aliphatic heterocycles. The normalized spacial score (nSPS) is 21.1.